The maximum absolute atomic E-state index is 13.2. The Balaban J connectivity index is 2.16. The minimum atomic E-state index is -4.67. The molecule has 148 valence electrons. The molecule has 5 nitrogen and oxygen atoms in total. The highest BCUT2D eigenvalue weighted by Crippen LogP contribution is 2.30. The molecule has 0 amide bonds. The maximum atomic E-state index is 13.2. The van der Waals surface area contributed by atoms with Crippen LogP contribution in [0.25, 0.3) is 27.4 Å². The van der Waals surface area contributed by atoms with Gasteiger partial charge in [0, 0.05) is 17.0 Å². The van der Waals surface area contributed by atoms with Gasteiger partial charge in [-0.25, -0.2) is 13.8 Å². The summed E-state index contributed by atoms with van der Waals surface area (Å²) in [6, 6.07) is 9.28. The normalized spacial score (nSPS) is 12.0. The Morgan fingerprint density at radius 2 is 1.72 bits per heavy atom. The average Bonchev–Trinajstić information content (AvgIpc) is 2.70. The summed E-state index contributed by atoms with van der Waals surface area (Å²) in [4.78, 5) is 30.1. The largest absolute Gasteiger partial charge is 0.416 e. The van der Waals surface area contributed by atoms with Crippen LogP contribution >= 0.6 is 0 Å². The molecule has 2 heterocycles. The number of alkyl halides is 4. The van der Waals surface area contributed by atoms with E-state index in [-0.39, 0.29) is 16.6 Å². The number of fused-ring (bicyclic) bond motifs is 2. The first-order valence-electron chi connectivity index (χ1n) is 8.59. The highest BCUT2D eigenvalue weighted by molar-refractivity contribution is 5.89. The van der Waals surface area contributed by atoms with E-state index >= 15 is 0 Å². The fourth-order valence-corrected chi connectivity index (χ4v) is 3.34. The third-order valence-electron chi connectivity index (χ3n) is 4.67. The highest BCUT2D eigenvalue weighted by atomic mass is 19.4. The van der Waals surface area contributed by atoms with Gasteiger partial charge < -0.3 is 0 Å². The zero-order chi connectivity index (χ0) is 20.8. The van der Waals surface area contributed by atoms with Crippen molar-refractivity contribution in [3.8, 4) is 5.69 Å². The van der Waals surface area contributed by atoms with Gasteiger partial charge in [0.1, 0.15) is 6.67 Å². The second-order valence-electron chi connectivity index (χ2n) is 6.37. The van der Waals surface area contributed by atoms with Gasteiger partial charge in [-0.05, 0) is 18.2 Å². The lowest BCUT2D eigenvalue weighted by Crippen LogP contribution is -2.39. The van der Waals surface area contributed by atoms with Crippen molar-refractivity contribution in [3.05, 3.63) is 81.3 Å². The van der Waals surface area contributed by atoms with Crippen LogP contribution in [-0.2, 0) is 12.7 Å². The monoisotopic (exact) mass is 403 g/mol. The lowest BCUT2D eigenvalue weighted by molar-refractivity contribution is -0.137. The smallest absolute Gasteiger partial charge is 0.290 e. The van der Waals surface area contributed by atoms with Gasteiger partial charge in [-0.2, -0.15) is 13.2 Å². The van der Waals surface area contributed by atoms with Crippen molar-refractivity contribution in [2.75, 3.05) is 6.67 Å². The number of nitrogens with zero attached hydrogens (tertiary/aromatic N) is 3. The Hall–Kier alpha value is -3.49. The lowest BCUT2D eigenvalue weighted by Gasteiger charge is -2.15. The van der Waals surface area contributed by atoms with Crippen LogP contribution in [0.3, 0.4) is 0 Å². The molecule has 4 rings (SSSR count). The van der Waals surface area contributed by atoms with Crippen molar-refractivity contribution in [1.29, 1.82) is 0 Å². The number of hydrogen-bond donors (Lipinski definition) is 0. The standard InChI is InChI=1S/C20H13F4N3O2/c21-7-8-26-16-6-5-13(20(22,23)24)9-15(16)18(28)27(19(26)29)17-11-25-10-12-3-1-2-4-14(12)17/h1-6,9-11H,7-8H2. The molecule has 4 aromatic rings. The van der Waals surface area contributed by atoms with Crippen molar-refractivity contribution in [2.45, 2.75) is 12.7 Å². The molecule has 0 bridgehead atoms. The summed E-state index contributed by atoms with van der Waals surface area (Å²) in [5, 5.41) is 0.818. The van der Waals surface area contributed by atoms with Gasteiger partial charge in [0.25, 0.3) is 5.56 Å². The molecular weight excluding hydrogens is 390 g/mol. The van der Waals surface area contributed by atoms with Crippen LogP contribution in [0.1, 0.15) is 5.56 Å². The van der Waals surface area contributed by atoms with Crippen molar-refractivity contribution < 1.29 is 17.6 Å². The van der Waals surface area contributed by atoms with E-state index in [4.69, 9.17) is 0 Å². The molecule has 0 unspecified atom stereocenters. The maximum Gasteiger partial charge on any atom is 0.416 e. The number of hydrogen-bond acceptors (Lipinski definition) is 3. The number of aromatic nitrogens is 3. The summed E-state index contributed by atoms with van der Waals surface area (Å²) in [5.41, 5.74) is -2.75. The van der Waals surface area contributed by atoms with E-state index in [0.717, 1.165) is 21.3 Å². The Morgan fingerprint density at radius 3 is 2.45 bits per heavy atom. The molecule has 0 spiro atoms. The van der Waals surface area contributed by atoms with Crippen LogP contribution in [0.4, 0.5) is 17.6 Å². The summed E-state index contributed by atoms with van der Waals surface area (Å²) in [6.45, 7) is -1.33. The van der Waals surface area contributed by atoms with Gasteiger partial charge in [-0.1, -0.05) is 24.3 Å². The quantitative estimate of drug-likeness (QED) is 0.491. The Kier molecular flexibility index (Phi) is 4.45. The third-order valence-corrected chi connectivity index (χ3v) is 4.67. The van der Waals surface area contributed by atoms with Crippen LogP contribution in [0.15, 0.2) is 64.4 Å². The molecule has 0 radical (unpaired) electrons. The van der Waals surface area contributed by atoms with Crippen LogP contribution < -0.4 is 11.2 Å². The van der Waals surface area contributed by atoms with E-state index in [1.165, 1.54) is 12.4 Å². The topological polar surface area (TPSA) is 56.9 Å². The Bertz CT molecular complexity index is 1350. The number of pyridine rings is 1. The molecule has 29 heavy (non-hydrogen) atoms. The minimum Gasteiger partial charge on any atom is -0.290 e. The molecule has 0 N–H and O–H groups in total. The van der Waals surface area contributed by atoms with Gasteiger partial charge in [0.15, 0.2) is 0 Å². The molecule has 0 atom stereocenters. The van der Waals surface area contributed by atoms with Crippen molar-refractivity contribution in [1.82, 2.24) is 14.1 Å². The predicted octanol–water partition coefficient (Wildman–Crippen LogP) is 3.69. The second-order valence-corrected chi connectivity index (χ2v) is 6.37. The number of halogens is 4. The lowest BCUT2D eigenvalue weighted by atomic mass is 10.1. The number of benzene rings is 2. The molecule has 0 aliphatic carbocycles. The van der Waals surface area contributed by atoms with Crippen molar-refractivity contribution >= 4 is 21.7 Å². The predicted molar refractivity (Wildman–Crippen MR) is 100 cm³/mol. The fraction of sp³-hybridized carbons (Fsp3) is 0.150. The van der Waals surface area contributed by atoms with E-state index in [0.29, 0.717) is 16.8 Å². The van der Waals surface area contributed by atoms with E-state index < -0.39 is 36.2 Å². The van der Waals surface area contributed by atoms with E-state index in [1.807, 2.05) is 0 Å². The van der Waals surface area contributed by atoms with Crippen LogP contribution in [0.5, 0.6) is 0 Å². The van der Waals surface area contributed by atoms with E-state index in [1.54, 1.807) is 24.3 Å². The Morgan fingerprint density at radius 1 is 0.966 bits per heavy atom. The SMILES string of the molecule is O=c1c2cc(C(F)(F)F)ccc2n(CCF)c(=O)n1-c1cncc2ccccc12. The first kappa shape index (κ1) is 18.9. The molecule has 0 aliphatic rings. The van der Waals surface area contributed by atoms with Gasteiger partial charge in [-0.15, -0.1) is 0 Å². The zero-order valence-electron chi connectivity index (χ0n) is 14.8. The summed E-state index contributed by atoms with van der Waals surface area (Å²) in [7, 11) is 0. The summed E-state index contributed by atoms with van der Waals surface area (Å²) >= 11 is 0. The average molecular weight is 403 g/mol. The molecule has 9 heteroatoms. The van der Waals surface area contributed by atoms with Gasteiger partial charge in [0.2, 0.25) is 0 Å². The van der Waals surface area contributed by atoms with Crippen molar-refractivity contribution in [2.24, 2.45) is 0 Å². The zero-order valence-corrected chi connectivity index (χ0v) is 14.8. The van der Waals surface area contributed by atoms with Gasteiger partial charge in [0.05, 0.1) is 34.9 Å². The summed E-state index contributed by atoms with van der Waals surface area (Å²) in [5.74, 6) is 0. The van der Waals surface area contributed by atoms with Crippen LogP contribution in [0.2, 0.25) is 0 Å². The van der Waals surface area contributed by atoms with Crippen LogP contribution in [-0.4, -0.2) is 20.8 Å². The summed E-state index contributed by atoms with van der Waals surface area (Å²) < 4.78 is 54.3. The first-order valence-corrected chi connectivity index (χ1v) is 8.59. The van der Waals surface area contributed by atoms with Gasteiger partial charge in [-0.3, -0.25) is 14.3 Å². The highest BCUT2D eigenvalue weighted by Gasteiger charge is 2.31. The summed E-state index contributed by atoms with van der Waals surface area (Å²) in [6.07, 6.45) is -1.86. The molecule has 0 saturated heterocycles. The molecular formula is C20H13F4N3O2. The number of aryl methyl sites for hydroxylation is 1. The molecule has 2 aromatic heterocycles. The van der Waals surface area contributed by atoms with Crippen molar-refractivity contribution in [3.63, 3.8) is 0 Å². The molecule has 0 saturated carbocycles. The number of rotatable bonds is 3. The first-order chi connectivity index (χ1) is 13.8. The van der Waals surface area contributed by atoms with Crippen LogP contribution in [0, 0.1) is 0 Å². The second kappa shape index (κ2) is 6.84. The van der Waals surface area contributed by atoms with Gasteiger partial charge >= 0.3 is 11.9 Å². The van der Waals surface area contributed by atoms with E-state index in [2.05, 4.69) is 4.98 Å². The Labute approximate surface area is 160 Å². The van der Waals surface area contributed by atoms with E-state index in [9.17, 15) is 27.2 Å². The fourth-order valence-electron chi connectivity index (χ4n) is 3.34. The third kappa shape index (κ3) is 3.08. The molecule has 2 aromatic carbocycles. The molecule has 0 fully saturated rings. The minimum absolute atomic E-state index is 0.0601. The molecule has 0 aliphatic heterocycles.